The van der Waals surface area contributed by atoms with Crippen molar-refractivity contribution >= 4 is 35.9 Å². The largest absolute Gasteiger partial charge is 0.496 e. The smallest absolute Gasteiger partial charge is 0.341 e. The van der Waals surface area contributed by atoms with Crippen molar-refractivity contribution in [3.8, 4) is 5.75 Å². The summed E-state index contributed by atoms with van der Waals surface area (Å²) in [6.07, 6.45) is 0. The number of guanidine groups is 1. The first-order valence-corrected chi connectivity index (χ1v) is 9.26. The second-order valence-electron chi connectivity index (χ2n) is 7.20. The predicted octanol–water partition coefficient (Wildman–Crippen LogP) is 3.88. The Balaban J connectivity index is 0.00000450. The zero-order chi connectivity index (χ0) is 21.4. The minimum absolute atomic E-state index is 0. The molecule has 2 rings (SSSR count). The van der Waals surface area contributed by atoms with Crippen LogP contribution in [-0.4, -0.2) is 39.7 Å². The summed E-state index contributed by atoms with van der Waals surface area (Å²) in [5.41, 5.74) is 1.85. The number of hydrogen-bond acceptors (Lipinski definition) is 4. The van der Waals surface area contributed by atoms with Gasteiger partial charge in [0, 0.05) is 25.6 Å². The molecule has 0 unspecified atom stereocenters. The molecule has 0 aliphatic heterocycles. The summed E-state index contributed by atoms with van der Waals surface area (Å²) in [6.45, 7) is 5.09. The number of hydrogen-bond donors (Lipinski definition) is 2. The third kappa shape index (κ3) is 6.86. The Morgan fingerprint density at radius 1 is 1.13 bits per heavy atom. The van der Waals surface area contributed by atoms with Crippen molar-refractivity contribution in [2.75, 3.05) is 27.8 Å². The average molecular weight is 529 g/mol. The molecule has 2 N–H and O–H groups in total. The van der Waals surface area contributed by atoms with Gasteiger partial charge in [0.25, 0.3) is 0 Å². The van der Waals surface area contributed by atoms with Gasteiger partial charge in [0.05, 0.1) is 14.2 Å². The standard InChI is InChI=1S/C22H28FN3O3.HI/c1-22(2,16-7-6-8-17(23)12-16)14-26-21(24-3)25-13-15-9-10-19(28-4)18(11-15)20(27)29-5;/h6-12H,13-14H2,1-5H3,(H2,24,25,26);1H. The van der Waals surface area contributed by atoms with E-state index in [1.165, 1.54) is 20.3 Å². The topological polar surface area (TPSA) is 72.0 Å². The zero-order valence-corrected chi connectivity index (χ0v) is 20.2. The first kappa shape index (κ1) is 25.7. The molecular formula is C22H29FIN3O3. The minimum Gasteiger partial charge on any atom is -0.496 e. The van der Waals surface area contributed by atoms with E-state index < -0.39 is 5.97 Å². The second kappa shape index (κ2) is 11.7. The molecule has 8 heteroatoms. The highest BCUT2D eigenvalue weighted by atomic mass is 127. The lowest BCUT2D eigenvalue weighted by molar-refractivity contribution is 0.0597. The fourth-order valence-corrected chi connectivity index (χ4v) is 2.86. The van der Waals surface area contributed by atoms with Gasteiger partial charge in [-0.1, -0.05) is 32.0 Å². The highest BCUT2D eigenvalue weighted by Gasteiger charge is 2.21. The number of carbonyl (C=O) groups is 1. The van der Waals surface area contributed by atoms with Gasteiger partial charge in [-0.2, -0.15) is 0 Å². The third-order valence-corrected chi connectivity index (χ3v) is 4.66. The first-order valence-electron chi connectivity index (χ1n) is 9.26. The molecule has 164 valence electrons. The van der Waals surface area contributed by atoms with Crippen LogP contribution in [0.15, 0.2) is 47.5 Å². The van der Waals surface area contributed by atoms with Gasteiger partial charge in [-0.05, 0) is 35.4 Å². The van der Waals surface area contributed by atoms with Crippen LogP contribution in [0.3, 0.4) is 0 Å². The summed E-state index contributed by atoms with van der Waals surface area (Å²) in [6, 6.07) is 11.9. The summed E-state index contributed by atoms with van der Waals surface area (Å²) in [4.78, 5) is 16.2. The lowest BCUT2D eigenvalue weighted by Gasteiger charge is -2.27. The number of rotatable bonds is 7. The molecule has 6 nitrogen and oxygen atoms in total. The quantitative estimate of drug-likeness (QED) is 0.247. The predicted molar refractivity (Wildman–Crippen MR) is 127 cm³/mol. The van der Waals surface area contributed by atoms with E-state index in [-0.39, 0.29) is 35.2 Å². The molecule has 30 heavy (non-hydrogen) atoms. The molecule has 2 aromatic rings. The Hall–Kier alpha value is -2.36. The number of ether oxygens (including phenoxy) is 2. The normalized spacial score (nSPS) is 11.3. The van der Waals surface area contributed by atoms with E-state index >= 15 is 0 Å². The fourth-order valence-electron chi connectivity index (χ4n) is 2.86. The molecular weight excluding hydrogens is 500 g/mol. The van der Waals surface area contributed by atoms with Crippen LogP contribution < -0.4 is 15.4 Å². The van der Waals surface area contributed by atoms with Gasteiger partial charge >= 0.3 is 5.97 Å². The van der Waals surface area contributed by atoms with E-state index in [2.05, 4.69) is 15.6 Å². The zero-order valence-electron chi connectivity index (χ0n) is 17.9. The SMILES string of the molecule is CN=C(NCc1ccc(OC)c(C(=O)OC)c1)NCC(C)(C)c1cccc(F)c1.I. The van der Waals surface area contributed by atoms with E-state index in [9.17, 15) is 9.18 Å². The van der Waals surface area contributed by atoms with Gasteiger partial charge in [-0.25, -0.2) is 9.18 Å². The Labute approximate surface area is 194 Å². The van der Waals surface area contributed by atoms with E-state index in [1.54, 1.807) is 31.3 Å². The number of nitrogens with zero attached hydrogens (tertiary/aromatic N) is 1. The summed E-state index contributed by atoms with van der Waals surface area (Å²) >= 11 is 0. The maximum absolute atomic E-state index is 13.5. The second-order valence-corrected chi connectivity index (χ2v) is 7.20. The molecule has 0 spiro atoms. The van der Waals surface area contributed by atoms with Crippen LogP contribution in [0, 0.1) is 5.82 Å². The number of carbonyl (C=O) groups excluding carboxylic acids is 1. The number of aliphatic imine (C=N–C) groups is 1. The third-order valence-electron chi connectivity index (χ3n) is 4.66. The van der Waals surface area contributed by atoms with Gasteiger partial charge in [-0.3, -0.25) is 4.99 Å². The molecule has 0 amide bonds. The van der Waals surface area contributed by atoms with E-state index in [1.807, 2.05) is 26.0 Å². The van der Waals surface area contributed by atoms with Gasteiger partial charge in [-0.15, -0.1) is 24.0 Å². The molecule has 0 aromatic heterocycles. The number of esters is 1. The average Bonchev–Trinajstić information content (AvgIpc) is 2.73. The number of halogens is 2. The van der Waals surface area contributed by atoms with Gasteiger partial charge in [0.2, 0.25) is 0 Å². The van der Waals surface area contributed by atoms with Crippen LogP contribution in [0.2, 0.25) is 0 Å². The maximum atomic E-state index is 13.5. The molecule has 0 atom stereocenters. The number of benzene rings is 2. The van der Waals surface area contributed by atoms with Crippen molar-refractivity contribution in [2.24, 2.45) is 4.99 Å². The van der Waals surface area contributed by atoms with Gasteiger partial charge in [0.15, 0.2) is 5.96 Å². The molecule has 0 bridgehead atoms. The maximum Gasteiger partial charge on any atom is 0.341 e. The lowest BCUT2D eigenvalue weighted by atomic mass is 9.84. The Bertz CT molecular complexity index is 888. The van der Waals surface area contributed by atoms with Crippen molar-refractivity contribution in [3.63, 3.8) is 0 Å². The molecule has 0 saturated carbocycles. The van der Waals surface area contributed by atoms with Gasteiger partial charge in [0.1, 0.15) is 17.1 Å². The molecule has 0 aliphatic rings. The van der Waals surface area contributed by atoms with Gasteiger partial charge < -0.3 is 20.1 Å². The van der Waals surface area contributed by atoms with Crippen molar-refractivity contribution in [1.29, 1.82) is 0 Å². The molecule has 2 aromatic carbocycles. The fraction of sp³-hybridized carbons (Fsp3) is 0.364. The summed E-state index contributed by atoms with van der Waals surface area (Å²) in [7, 11) is 4.52. The van der Waals surface area contributed by atoms with Crippen molar-refractivity contribution < 1.29 is 18.7 Å². The van der Waals surface area contributed by atoms with Crippen molar-refractivity contribution in [1.82, 2.24) is 10.6 Å². The van der Waals surface area contributed by atoms with Crippen molar-refractivity contribution in [2.45, 2.75) is 25.8 Å². The molecule has 0 heterocycles. The van der Waals surface area contributed by atoms with Crippen LogP contribution in [0.1, 0.15) is 35.3 Å². The van der Waals surface area contributed by atoms with Crippen LogP contribution in [-0.2, 0) is 16.7 Å². The summed E-state index contributed by atoms with van der Waals surface area (Å²) < 4.78 is 23.6. The molecule has 0 aliphatic carbocycles. The Kier molecular flexibility index (Phi) is 10.0. The van der Waals surface area contributed by atoms with E-state index in [4.69, 9.17) is 9.47 Å². The monoisotopic (exact) mass is 529 g/mol. The number of nitrogens with one attached hydrogen (secondary N) is 2. The van der Waals surface area contributed by atoms with E-state index in [0.29, 0.717) is 30.4 Å². The minimum atomic E-state index is -0.456. The summed E-state index contributed by atoms with van der Waals surface area (Å²) in [5, 5.41) is 6.48. The van der Waals surface area contributed by atoms with Crippen molar-refractivity contribution in [3.05, 3.63) is 65.0 Å². The highest BCUT2D eigenvalue weighted by Crippen LogP contribution is 2.23. The highest BCUT2D eigenvalue weighted by molar-refractivity contribution is 14.0. The summed E-state index contributed by atoms with van der Waals surface area (Å²) in [5.74, 6) is 0.354. The van der Waals surface area contributed by atoms with Crippen LogP contribution in [0.25, 0.3) is 0 Å². The van der Waals surface area contributed by atoms with E-state index in [0.717, 1.165) is 11.1 Å². The molecule has 0 fully saturated rings. The molecule has 0 radical (unpaired) electrons. The number of methoxy groups -OCH3 is 2. The molecule has 0 saturated heterocycles. The van der Waals surface area contributed by atoms with Crippen LogP contribution in [0.4, 0.5) is 4.39 Å². The van der Waals surface area contributed by atoms with Crippen LogP contribution in [0.5, 0.6) is 5.75 Å². The first-order chi connectivity index (χ1) is 13.8. The van der Waals surface area contributed by atoms with Crippen LogP contribution >= 0.6 is 24.0 Å². The lowest BCUT2D eigenvalue weighted by Crippen LogP contribution is -2.43. The Morgan fingerprint density at radius 2 is 1.87 bits per heavy atom. The Morgan fingerprint density at radius 3 is 2.47 bits per heavy atom.